The maximum atomic E-state index is 10.9. The molecule has 0 rings (SSSR count). The van der Waals surface area contributed by atoms with E-state index in [1.165, 1.54) is 0 Å². The average molecular weight is 155 g/mol. The van der Waals surface area contributed by atoms with Gasteiger partial charge in [-0.3, -0.25) is 4.79 Å². The zero-order valence-corrected chi connectivity index (χ0v) is 7.44. The van der Waals surface area contributed by atoms with Crippen LogP contribution in [0.2, 0.25) is 0 Å². The van der Waals surface area contributed by atoms with Crippen LogP contribution in [0.15, 0.2) is 12.2 Å². The first-order valence-corrected chi connectivity index (χ1v) is 4.08. The second kappa shape index (κ2) is 6.10. The van der Waals surface area contributed by atoms with E-state index in [1.807, 2.05) is 0 Å². The largest absolute Gasteiger partial charge is 0.310 e. The molecule has 0 aromatic carbocycles. The third kappa shape index (κ3) is 5.80. The lowest BCUT2D eigenvalue weighted by Gasteiger charge is -2.01. The van der Waals surface area contributed by atoms with Crippen molar-refractivity contribution in [3.05, 3.63) is 12.2 Å². The summed E-state index contributed by atoms with van der Waals surface area (Å²) in [6, 6.07) is 0. The monoisotopic (exact) mass is 155 g/mol. The Hall–Kier alpha value is -0.630. The van der Waals surface area contributed by atoms with Gasteiger partial charge in [0, 0.05) is 0 Å². The Kier molecular flexibility index (Phi) is 5.75. The number of carbonyl (C=O) groups excluding carboxylic acids is 1. The normalized spacial score (nSPS) is 9.64. The molecule has 0 aliphatic carbocycles. The van der Waals surface area contributed by atoms with Crippen LogP contribution >= 0.6 is 0 Å². The van der Waals surface area contributed by atoms with E-state index in [2.05, 4.69) is 18.8 Å². The van der Waals surface area contributed by atoms with Crippen molar-refractivity contribution in [1.29, 1.82) is 0 Å². The van der Waals surface area contributed by atoms with Crippen LogP contribution in [0.3, 0.4) is 0 Å². The van der Waals surface area contributed by atoms with Gasteiger partial charge in [-0.15, -0.1) is 0 Å². The number of unbranched alkanes of at least 4 members (excludes halogenated alkanes) is 1. The summed E-state index contributed by atoms with van der Waals surface area (Å²) in [5, 5.41) is 3.06. The summed E-state index contributed by atoms with van der Waals surface area (Å²) in [4.78, 5) is 10.9. The summed E-state index contributed by atoms with van der Waals surface area (Å²) in [6.07, 6.45) is 2.29. The molecule has 0 amide bonds. The molecule has 0 fully saturated rings. The van der Waals surface area contributed by atoms with Crippen molar-refractivity contribution in [2.45, 2.75) is 26.7 Å². The van der Waals surface area contributed by atoms with Gasteiger partial charge in [0.15, 0.2) is 5.78 Å². The molecule has 0 unspecified atom stereocenters. The molecule has 0 aromatic rings. The first-order valence-electron chi connectivity index (χ1n) is 4.08. The SMILES string of the molecule is C=C(C)C(=O)CNCCCC. The Morgan fingerprint density at radius 3 is 2.64 bits per heavy atom. The van der Waals surface area contributed by atoms with Gasteiger partial charge in [0.1, 0.15) is 0 Å². The molecule has 0 saturated heterocycles. The molecule has 0 aliphatic heterocycles. The number of hydrogen-bond acceptors (Lipinski definition) is 2. The fourth-order valence-electron chi connectivity index (χ4n) is 0.655. The van der Waals surface area contributed by atoms with E-state index in [1.54, 1.807) is 6.92 Å². The average Bonchev–Trinajstić information content (AvgIpc) is 1.97. The lowest BCUT2D eigenvalue weighted by molar-refractivity contribution is -0.114. The van der Waals surface area contributed by atoms with Gasteiger partial charge in [-0.1, -0.05) is 19.9 Å². The summed E-state index contributed by atoms with van der Waals surface area (Å²) in [7, 11) is 0. The van der Waals surface area contributed by atoms with Gasteiger partial charge in [-0.05, 0) is 25.5 Å². The standard InChI is InChI=1S/C9H17NO/c1-4-5-6-10-7-9(11)8(2)3/h10H,2,4-7H2,1,3H3. The Labute approximate surface area is 68.7 Å². The molecule has 0 bridgehead atoms. The molecule has 0 aliphatic rings. The van der Waals surface area contributed by atoms with Crippen LogP contribution in [-0.2, 0) is 4.79 Å². The minimum atomic E-state index is 0.112. The molecule has 2 nitrogen and oxygen atoms in total. The predicted molar refractivity (Wildman–Crippen MR) is 47.6 cm³/mol. The van der Waals surface area contributed by atoms with Crippen molar-refractivity contribution in [3.8, 4) is 0 Å². The van der Waals surface area contributed by atoms with Gasteiger partial charge in [0.2, 0.25) is 0 Å². The molecule has 0 heterocycles. The molecule has 1 N–H and O–H groups in total. The number of Topliss-reactive ketones (excluding diaryl/α,β-unsaturated/α-hetero) is 1. The topological polar surface area (TPSA) is 29.1 Å². The van der Waals surface area contributed by atoms with Crippen LogP contribution in [0.25, 0.3) is 0 Å². The van der Waals surface area contributed by atoms with Crippen LogP contribution in [-0.4, -0.2) is 18.9 Å². The maximum Gasteiger partial charge on any atom is 0.171 e. The van der Waals surface area contributed by atoms with Crippen molar-refractivity contribution in [2.75, 3.05) is 13.1 Å². The summed E-state index contributed by atoms with van der Waals surface area (Å²) in [6.45, 7) is 8.80. The van der Waals surface area contributed by atoms with E-state index in [0.717, 1.165) is 19.4 Å². The maximum absolute atomic E-state index is 10.9. The smallest absolute Gasteiger partial charge is 0.171 e. The summed E-state index contributed by atoms with van der Waals surface area (Å²) in [5.74, 6) is 0.112. The van der Waals surface area contributed by atoms with E-state index >= 15 is 0 Å². The van der Waals surface area contributed by atoms with Crippen LogP contribution < -0.4 is 5.32 Å². The number of carbonyl (C=O) groups is 1. The molecular formula is C9H17NO. The lowest BCUT2D eigenvalue weighted by Crippen LogP contribution is -2.24. The van der Waals surface area contributed by atoms with Gasteiger partial charge in [0.05, 0.1) is 6.54 Å². The molecule has 0 spiro atoms. The van der Waals surface area contributed by atoms with Crippen molar-refractivity contribution < 1.29 is 4.79 Å². The van der Waals surface area contributed by atoms with E-state index in [9.17, 15) is 4.79 Å². The Morgan fingerprint density at radius 1 is 1.55 bits per heavy atom. The molecule has 64 valence electrons. The van der Waals surface area contributed by atoms with Crippen molar-refractivity contribution in [2.24, 2.45) is 0 Å². The Bertz CT molecular complexity index is 140. The summed E-state index contributed by atoms with van der Waals surface area (Å²) < 4.78 is 0. The first kappa shape index (κ1) is 10.4. The highest BCUT2D eigenvalue weighted by Crippen LogP contribution is 1.88. The Morgan fingerprint density at radius 2 is 2.18 bits per heavy atom. The van der Waals surface area contributed by atoms with Crippen molar-refractivity contribution in [3.63, 3.8) is 0 Å². The minimum Gasteiger partial charge on any atom is -0.310 e. The highest BCUT2D eigenvalue weighted by atomic mass is 16.1. The quantitative estimate of drug-likeness (QED) is 0.465. The van der Waals surface area contributed by atoms with Crippen molar-refractivity contribution in [1.82, 2.24) is 5.32 Å². The van der Waals surface area contributed by atoms with Gasteiger partial charge >= 0.3 is 0 Å². The summed E-state index contributed by atoms with van der Waals surface area (Å²) >= 11 is 0. The number of hydrogen-bond donors (Lipinski definition) is 1. The van der Waals surface area contributed by atoms with Crippen molar-refractivity contribution >= 4 is 5.78 Å². The highest BCUT2D eigenvalue weighted by Gasteiger charge is 1.99. The molecule has 0 saturated carbocycles. The number of rotatable bonds is 6. The van der Waals surface area contributed by atoms with E-state index < -0.39 is 0 Å². The predicted octanol–water partition coefficient (Wildman–Crippen LogP) is 1.52. The fraction of sp³-hybridized carbons (Fsp3) is 0.667. The molecule has 0 aromatic heterocycles. The van der Waals surface area contributed by atoms with Gasteiger partial charge in [-0.25, -0.2) is 0 Å². The van der Waals surface area contributed by atoms with Crippen LogP contribution in [0, 0.1) is 0 Å². The lowest BCUT2D eigenvalue weighted by atomic mass is 10.2. The third-order valence-corrected chi connectivity index (χ3v) is 1.47. The number of nitrogens with one attached hydrogen (secondary N) is 1. The second-order valence-corrected chi connectivity index (χ2v) is 2.73. The molecule has 0 radical (unpaired) electrons. The minimum absolute atomic E-state index is 0.112. The fourth-order valence-corrected chi connectivity index (χ4v) is 0.655. The van der Waals surface area contributed by atoms with E-state index in [4.69, 9.17) is 0 Å². The highest BCUT2D eigenvalue weighted by molar-refractivity contribution is 5.95. The van der Waals surface area contributed by atoms with E-state index in [0.29, 0.717) is 12.1 Å². The molecule has 0 atom stereocenters. The van der Waals surface area contributed by atoms with Crippen LogP contribution in [0.5, 0.6) is 0 Å². The van der Waals surface area contributed by atoms with E-state index in [-0.39, 0.29) is 5.78 Å². The first-order chi connectivity index (χ1) is 5.18. The third-order valence-electron chi connectivity index (χ3n) is 1.47. The molecule has 11 heavy (non-hydrogen) atoms. The zero-order valence-electron chi connectivity index (χ0n) is 7.44. The second-order valence-electron chi connectivity index (χ2n) is 2.73. The van der Waals surface area contributed by atoms with Gasteiger partial charge < -0.3 is 5.32 Å². The Balaban J connectivity index is 3.25. The van der Waals surface area contributed by atoms with Crippen LogP contribution in [0.1, 0.15) is 26.7 Å². The van der Waals surface area contributed by atoms with Gasteiger partial charge in [-0.2, -0.15) is 0 Å². The van der Waals surface area contributed by atoms with Crippen LogP contribution in [0.4, 0.5) is 0 Å². The van der Waals surface area contributed by atoms with Gasteiger partial charge in [0.25, 0.3) is 0 Å². The zero-order chi connectivity index (χ0) is 8.69. The molecular weight excluding hydrogens is 138 g/mol. The summed E-state index contributed by atoms with van der Waals surface area (Å²) in [5.41, 5.74) is 0.633. The molecule has 2 heteroatoms. The number of ketones is 1.